The predicted octanol–water partition coefficient (Wildman–Crippen LogP) is 2.68. The van der Waals surface area contributed by atoms with Crippen LogP contribution in [0.4, 0.5) is 0 Å². The summed E-state index contributed by atoms with van der Waals surface area (Å²) in [5.41, 5.74) is 0. The monoisotopic (exact) mass is 281 g/mol. The number of ether oxygens (including phenoxy) is 1. The van der Waals surface area contributed by atoms with E-state index in [-0.39, 0.29) is 5.91 Å². The number of carbonyl (C=O) groups excluding carboxylic acids is 1. The summed E-state index contributed by atoms with van der Waals surface area (Å²) in [6.07, 6.45) is 0. The zero-order valence-electron chi connectivity index (χ0n) is 8.91. The molecule has 3 nitrogen and oxygen atoms in total. The second-order valence-corrected chi connectivity index (χ2v) is 4.66. The van der Waals surface area contributed by atoms with Crippen LogP contribution < -0.4 is 4.74 Å². The highest BCUT2D eigenvalue weighted by Crippen LogP contribution is 2.25. The summed E-state index contributed by atoms with van der Waals surface area (Å²) in [6, 6.07) is 1.78. The van der Waals surface area contributed by atoms with Gasteiger partial charge in [-0.15, -0.1) is 34.5 Å². The highest BCUT2D eigenvalue weighted by atomic mass is 35.5. The van der Waals surface area contributed by atoms with Gasteiger partial charge in [0.2, 0.25) is 0 Å². The molecule has 0 aromatic carbocycles. The number of amides is 1. The maximum Gasteiger partial charge on any atom is 0.267 e. The molecule has 1 heterocycles. The van der Waals surface area contributed by atoms with Gasteiger partial charge in [0.25, 0.3) is 5.91 Å². The van der Waals surface area contributed by atoms with Crippen molar-refractivity contribution in [1.82, 2.24) is 4.90 Å². The van der Waals surface area contributed by atoms with Crippen LogP contribution in [0, 0.1) is 0 Å². The van der Waals surface area contributed by atoms with E-state index in [2.05, 4.69) is 0 Å². The fraction of sp³-hybridized carbons (Fsp3) is 0.500. The molecule has 0 spiro atoms. The molecule has 0 saturated heterocycles. The normalized spacial score (nSPS) is 10.2. The summed E-state index contributed by atoms with van der Waals surface area (Å²) in [7, 11) is 1.55. The van der Waals surface area contributed by atoms with Crippen molar-refractivity contribution in [2.24, 2.45) is 0 Å². The first-order valence-corrected chi connectivity index (χ1v) is 6.72. The molecule has 1 rings (SSSR count). The largest absolute Gasteiger partial charge is 0.495 e. The van der Waals surface area contributed by atoms with Crippen LogP contribution in [0.1, 0.15) is 9.67 Å². The predicted molar refractivity (Wildman–Crippen MR) is 68.2 cm³/mol. The van der Waals surface area contributed by atoms with Crippen molar-refractivity contribution in [2.45, 2.75) is 0 Å². The van der Waals surface area contributed by atoms with Crippen LogP contribution in [-0.4, -0.2) is 42.8 Å². The average molecular weight is 282 g/mol. The molecule has 6 heteroatoms. The molecule has 0 unspecified atom stereocenters. The number of methoxy groups -OCH3 is 1. The van der Waals surface area contributed by atoms with Gasteiger partial charge in [-0.05, 0) is 11.4 Å². The molecule has 0 saturated carbocycles. The van der Waals surface area contributed by atoms with Gasteiger partial charge in [-0.3, -0.25) is 4.79 Å². The van der Waals surface area contributed by atoms with Crippen LogP contribution in [0.25, 0.3) is 0 Å². The highest BCUT2D eigenvalue weighted by Gasteiger charge is 2.19. The Bertz CT molecular complexity index is 337. The van der Waals surface area contributed by atoms with E-state index < -0.39 is 0 Å². The van der Waals surface area contributed by atoms with Crippen LogP contribution in [0.3, 0.4) is 0 Å². The van der Waals surface area contributed by atoms with Gasteiger partial charge in [0.15, 0.2) is 0 Å². The second kappa shape index (κ2) is 6.99. The third-order valence-corrected chi connectivity index (χ3v) is 3.26. The Labute approximate surface area is 109 Å². The molecule has 0 aliphatic rings. The van der Waals surface area contributed by atoms with Crippen molar-refractivity contribution >= 4 is 40.4 Å². The van der Waals surface area contributed by atoms with Crippen molar-refractivity contribution in [3.8, 4) is 5.75 Å². The Kier molecular flexibility index (Phi) is 5.95. The molecule has 16 heavy (non-hydrogen) atoms. The van der Waals surface area contributed by atoms with Crippen LogP contribution in [-0.2, 0) is 0 Å². The van der Waals surface area contributed by atoms with E-state index >= 15 is 0 Å². The van der Waals surface area contributed by atoms with E-state index in [4.69, 9.17) is 27.9 Å². The number of nitrogens with zero attached hydrogens (tertiary/aromatic N) is 1. The summed E-state index contributed by atoms with van der Waals surface area (Å²) in [4.78, 5) is 14.3. The minimum Gasteiger partial charge on any atom is -0.495 e. The van der Waals surface area contributed by atoms with Crippen molar-refractivity contribution in [3.63, 3.8) is 0 Å². The third-order valence-electron chi connectivity index (χ3n) is 2.04. The number of hydrogen-bond donors (Lipinski definition) is 0. The maximum absolute atomic E-state index is 12.1. The lowest BCUT2D eigenvalue weighted by Crippen LogP contribution is -2.34. The number of hydrogen-bond acceptors (Lipinski definition) is 3. The van der Waals surface area contributed by atoms with Gasteiger partial charge in [-0.2, -0.15) is 0 Å². The molecule has 0 N–H and O–H groups in total. The standard InChI is InChI=1S/C10H13Cl2NO2S/c1-15-8-2-7-16-9(8)10(14)13(5-3-11)6-4-12/h2,7H,3-6H2,1H3. The van der Waals surface area contributed by atoms with E-state index in [0.29, 0.717) is 35.5 Å². The Morgan fingerprint density at radius 3 is 2.56 bits per heavy atom. The molecule has 90 valence electrons. The molecule has 1 aromatic heterocycles. The Hall–Kier alpha value is -0.450. The second-order valence-electron chi connectivity index (χ2n) is 2.99. The summed E-state index contributed by atoms with van der Waals surface area (Å²) in [6.45, 7) is 0.988. The van der Waals surface area contributed by atoms with Crippen LogP contribution in [0.5, 0.6) is 5.75 Å². The fourth-order valence-electron chi connectivity index (χ4n) is 1.28. The van der Waals surface area contributed by atoms with Gasteiger partial charge in [0.1, 0.15) is 10.6 Å². The first-order chi connectivity index (χ1) is 7.74. The molecular formula is C10H13Cl2NO2S. The van der Waals surface area contributed by atoms with E-state index in [1.165, 1.54) is 11.3 Å². The number of halogens is 2. The third kappa shape index (κ3) is 3.27. The molecule has 0 aliphatic heterocycles. The average Bonchev–Trinajstić information content (AvgIpc) is 2.75. The van der Waals surface area contributed by atoms with Crippen LogP contribution in [0.2, 0.25) is 0 Å². The first-order valence-electron chi connectivity index (χ1n) is 4.77. The minimum absolute atomic E-state index is 0.0758. The lowest BCUT2D eigenvalue weighted by atomic mass is 10.3. The van der Waals surface area contributed by atoms with E-state index in [0.717, 1.165) is 0 Å². The lowest BCUT2D eigenvalue weighted by molar-refractivity contribution is 0.0777. The van der Waals surface area contributed by atoms with Gasteiger partial charge < -0.3 is 9.64 Å². The van der Waals surface area contributed by atoms with Gasteiger partial charge >= 0.3 is 0 Å². The zero-order chi connectivity index (χ0) is 12.0. The van der Waals surface area contributed by atoms with Gasteiger partial charge in [-0.1, -0.05) is 0 Å². The molecule has 1 amide bonds. The van der Waals surface area contributed by atoms with Crippen LogP contribution in [0.15, 0.2) is 11.4 Å². The van der Waals surface area contributed by atoms with E-state index in [1.807, 2.05) is 5.38 Å². The number of rotatable bonds is 6. The summed E-state index contributed by atoms with van der Waals surface area (Å²) >= 11 is 12.7. The van der Waals surface area contributed by atoms with Crippen molar-refractivity contribution in [1.29, 1.82) is 0 Å². The molecule has 0 radical (unpaired) electrons. The maximum atomic E-state index is 12.1. The van der Waals surface area contributed by atoms with Crippen molar-refractivity contribution < 1.29 is 9.53 Å². The number of thiophene rings is 1. The number of alkyl halides is 2. The zero-order valence-corrected chi connectivity index (χ0v) is 11.2. The van der Waals surface area contributed by atoms with E-state index in [9.17, 15) is 4.79 Å². The Balaban J connectivity index is 2.81. The van der Waals surface area contributed by atoms with Crippen molar-refractivity contribution in [2.75, 3.05) is 32.0 Å². The van der Waals surface area contributed by atoms with Crippen molar-refractivity contribution in [3.05, 3.63) is 16.3 Å². The smallest absolute Gasteiger partial charge is 0.267 e. The summed E-state index contributed by atoms with van der Waals surface area (Å²) in [5, 5.41) is 1.83. The Morgan fingerprint density at radius 2 is 2.06 bits per heavy atom. The van der Waals surface area contributed by atoms with Crippen LogP contribution >= 0.6 is 34.5 Å². The molecular weight excluding hydrogens is 269 g/mol. The summed E-state index contributed by atoms with van der Waals surface area (Å²) in [5.74, 6) is 1.32. The van der Waals surface area contributed by atoms with Gasteiger partial charge in [0, 0.05) is 24.8 Å². The SMILES string of the molecule is COc1ccsc1C(=O)N(CCCl)CCCl. The van der Waals surface area contributed by atoms with Gasteiger partial charge in [-0.25, -0.2) is 0 Å². The molecule has 0 bridgehead atoms. The number of carbonyl (C=O) groups is 1. The molecule has 0 fully saturated rings. The minimum atomic E-state index is -0.0758. The van der Waals surface area contributed by atoms with E-state index in [1.54, 1.807) is 18.1 Å². The molecule has 1 aromatic rings. The quantitative estimate of drug-likeness (QED) is 0.751. The molecule has 0 aliphatic carbocycles. The first kappa shape index (κ1) is 13.6. The topological polar surface area (TPSA) is 29.5 Å². The molecule has 0 atom stereocenters. The van der Waals surface area contributed by atoms with Gasteiger partial charge in [0.05, 0.1) is 7.11 Å². The summed E-state index contributed by atoms with van der Waals surface area (Å²) < 4.78 is 5.11. The fourth-order valence-corrected chi connectivity index (χ4v) is 2.51. The Morgan fingerprint density at radius 1 is 1.44 bits per heavy atom. The highest BCUT2D eigenvalue weighted by molar-refractivity contribution is 7.12. The lowest BCUT2D eigenvalue weighted by Gasteiger charge is -2.20.